The van der Waals surface area contributed by atoms with Crippen molar-refractivity contribution < 1.29 is 9.53 Å². The molecule has 1 N–H and O–H groups in total. The fourth-order valence-electron chi connectivity index (χ4n) is 5.18. The van der Waals surface area contributed by atoms with Gasteiger partial charge >= 0.3 is 5.97 Å². The third-order valence-corrected chi connectivity index (χ3v) is 7.24. The van der Waals surface area contributed by atoms with E-state index in [2.05, 4.69) is 45.5 Å². The Hall–Kier alpha value is -2.11. The van der Waals surface area contributed by atoms with Crippen molar-refractivity contribution in [2.75, 3.05) is 57.8 Å². The number of nitrogens with zero attached hydrogens (tertiary/aromatic N) is 2. The van der Waals surface area contributed by atoms with Crippen molar-refractivity contribution in [1.82, 2.24) is 10.2 Å². The molecule has 0 amide bonds. The maximum Gasteiger partial charge on any atom is 0.316 e. The number of anilines is 1. The van der Waals surface area contributed by atoms with Crippen molar-refractivity contribution >= 4 is 11.7 Å². The Morgan fingerprint density at radius 1 is 1.10 bits per heavy atom. The zero-order valence-corrected chi connectivity index (χ0v) is 18.9. The Morgan fingerprint density at radius 3 is 2.48 bits per heavy atom. The molecule has 1 aromatic carbocycles. The number of benzene rings is 1. The van der Waals surface area contributed by atoms with E-state index in [-0.39, 0.29) is 5.97 Å². The molecule has 168 valence electrons. The number of hydrogen-bond donors (Lipinski definition) is 1. The third kappa shape index (κ3) is 5.58. The Balaban J connectivity index is 1.28. The Morgan fingerprint density at radius 2 is 1.84 bits per heavy atom. The molecule has 1 aliphatic carbocycles. The average Bonchev–Trinajstić information content (AvgIpc) is 2.84. The first-order valence-electron chi connectivity index (χ1n) is 11.9. The SMILES string of the molecule is COC(=O)C1(Cc2ccc(N3CCN(CCC4CCNCC4)CC3)cc2)C=CC=CC1. The van der Waals surface area contributed by atoms with Gasteiger partial charge in [0.2, 0.25) is 0 Å². The molecule has 4 rings (SSSR count). The highest BCUT2D eigenvalue weighted by Gasteiger charge is 2.37. The summed E-state index contributed by atoms with van der Waals surface area (Å²) >= 11 is 0. The van der Waals surface area contributed by atoms with Crippen LogP contribution in [0.4, 0.5) is 5.69 Å². The summed E-state index contributed by atoms with van der Waals surface area (Å²) < 4.78 is 5.11. The highest BCUT2D eigenvalue weighted by molar-refractivity contribution is 5.80. The number of carbonyl (C=O) groups excluding carboxylic acids is 1. The minimum Gasteiger partial charge on any atom is -0.468 e. The van der Waals surface area contributed by atoms with E-state index < -0.39 is 5.41 Å². The molecule has 1 aromatic rings. The molecule has 0 saturated carbocycles. The molecule has 0 bridgehead atoms. The monoisotopic (exact) mass is 423 g/mol. The van der Waals surface area contributed by atoms with Crippen molar-refractivity contribution in [3.05, 3.63) is 54.1 Å². The molecule has 2 heterocycles. The average molecular weight is 424 g/mol. The molecule has 0 spiro atoms. The molecule has 2 saturated heterocycles. The summed E-state index contributed by atoms with van der Waals surface area (Å²) in [5.41, 5.74) is 1.88. The minimum absolute atomic E-state index is 0.155. The Kier molecular flexibility index (Phi) is 7.46. The number of methoxy groups -OCH3 is 1. The van der Waals surface area contributed by atoms with Gasteiger partial charge in [0.25, 0.3) is 0 Å². The van der Waals surface area contributed by atoms with Crippen LogP contribution in [0.3, 0.4) is 0 Å². The number of nitrogens with one attached hydrogen (secondary N) is 1. The summed E-state index contributed by atoms with van der Waals surface area (Å²) in [6, 6.07) is 8.78. The smallest absolute Gasteiger partial charge is 0.316 e. The summed E-state index contributed by atoms with van der Waals surface area (Å²) in [5.74, 6) is 0.757. The van der Waals surface area contributed by atoms with Crippen molar-refractivity contribution in [2.24, 2.45) is 11.3 Å². The van der Waals surface area contributed by atoms with E-state index in [1.54, 1.807) is 0 Å². The van der Waals surface area contributed by atoms with Gasteiger partial charge in [-0.15, -0.1) is 0 Å². The van der Waals surface area contributed by atoms with Crippen LogP contribution in [0.1, 0.15) is 31.2 Å². The van der Waals surface area contributed by atoms with E-state index >= 15 is 0 Å². The van der Waals surface area contributed by atoms with E-state index in [0.29, 0.717) is 12.8 Å². The lowest BCUT2D eigenvalue weighted by Crippen LogP contribution is -2.47. The number of esters is 1. The van der Waals surface area contributed by atoms with Crippen LogP contribution in [0.5, 0.6) is 0 Å². The zero-order chi connectivity index (χ0) is 21.5. The quantitative estimate of drug-likeness (QED) is 0.681. The third-order valence-electron chi connectivity index (χ3n) is 7.24. The number of carbonyl (C=O) groups is 1. The molecule has 5 nitrogen and oxygen atoms in total. The molecule has 31 heavy (non-hydrogen) atoms. The summed E-state index contributed by atoms with van der Waals surface area (Å²) in [6.45, 7) is 8.11. The summed E-state index contributed by atoms with van der Waals surface area (Å²) in [5, 5.41) is 3.46. The first kappa shape index (κ1) is 22.1. The van der Waals surface area contributed by atoms with Gasteiger partial charge in [0.15, 0.2) is 0 Å². The van der Waals surface area contributed by atoms with E-state index in [1.165, 1.54) is 57.3 Å². The van der Waals surface area contributed by atoms with Crippen LogP contribution < -0.4 is 10.2 Å². The van der Waals surface area contributed by atoms with Gasteiger partial charge in [-0.05, 0) is 75.4 Å². The van der Waals surface area contributed by atoms with Crippen LogP contribution in [-0.4, -0.2) is 63.8 Å². The van der Waals surface area contributed by atoms with Crippen molar-refractivity contribution in [3.63, 3.8) is 0 Å². The Bertz CT molecular complexity index is 774. The molecule has 0 aromatic heterocycles. The molecule has 3 aliphatic rings. The molecule has 2 fully saturated rings. The van der Waals surface area contributed by atoms with E-state index in [4.69, 9.17) is 4.74 Å². The summed E-state index contributed by atoms with van der Waals surface area (Å²) in [7, 11) is 1.48. The van der Waals surface area contributed by atoms with Gasteiger partial charge in [-0.1, -0.05) is 36.4 Å². The number of hydrogen-bond acceptors (Lipinski definition) is 5. The summed E-state index contributed by atoms with van der Waals surface area (Å²) in [4.78, 5) is 17.6. The van der Waals surface area contributed by atoms with Crippen LogP contribution in [0, 0.1) is 11.3 Å². The fourth-order valence-corrected chi connectivity index (χ4v) is 5.18. The topological polar surface area (TPSA) is 44.8 Å². The van der Waals surface area contributed by atoms with E-state index in [9.17, 15) is 4.79 Å². The fraction of sp³-hybridized carbons (Fsp3) is 0.577. The number of rotatable bonds is 7. The first-order chi connectivity index (χ1) is 15.2. The molecular formula is C26H37N3O2. The maximum atomic E-state index is 12.5. The van der Waals surface area contributed by atoms with Crippen molar-refractivity contribution in [3.8, 4) is 0 Å². The zero-order valence-electron chi connectivity index (χ0n) is 18.9. The van der Waals surface area contributed by atoms with E-state index in [0.717, 1.165) is 32.1 Å². The van der Waals surface area contributed by atoms with Crippen LogP contribution in [0.15, 0.2) is 48.6 Å². The van der Waals surface area contributed by atoms with Gasteiger partial charge in [-0.25, -0.2) is 0 Å². The van der Waals surface area contributed by atoms with Gasteiger partial charge in [0.05, 0.1) is 12.5 Å². The second-order valence-electron chi connectivity index (χ2n) is 9.29. The van der Waals surface area contributed by atoms with Crippen LogP contribution >= 0.6 is 0 Å². The lowest BCUT2D eigenvalue weighted by Gasteiger charge is -2.37. The minimum atomic E-state index is -0.578. The molecular weight excluding hydrogens is 386 g/mol. The van der Waals surface area contributed by atoms with Gasteiger partial charge < -0.3 is 15.0 Å². The number of ether oxygens (including phenoxy) is 1. The predicted octanol–water partition coefficient (Wildman–Crippen LogP) is 3.42. The molecule has 1 atom stereocenters. The number of allylic oxidation sites excluding steroid dienone is 3. The van der Waals surface area contributed by atoms with Crippen molar-refractivity contribution in [1.29, 1.82) is 0 Å². The Labute approximate surface area is 187 Å². The number of piperazine rings is 1. The lowest BCUT2D eigenvalue weighted by molar-refractivity contribution is -0.149. The maximum absolute atomic E-state index is 12.5. The van der Waals surface area contributed by atoms with Gasteiger partial charge in [0, 0.05) is 31.9 Å². The standard InChI is InChI=1S/C26H37N3O2/c1-31-25(30)26(12-3-2-4-13-26)21-23-5-7-24(8-6-23)29-19-17-28(18-20-29)16-11-22-9-14-27-15-10-22/h2-8,12,22,27H,9-11,13-21H2,1H3. The normalized spacial score (nSPS) is 25.0. The first-order valence-corrected chi connectivity index (χ1v) is 11.9. The van der Waals surface area contributed by atoms with Crippen molar-refractivity contribution in [2.45, 2.75) is 32.1 Å². The predicted molar refractivity (Wildman–Crippen MR) is 126 cm³/mol. The molecule has 2 aliphatic heterocycles. The van der Waals surface area contributed by atoms with Gasteiger partial charge in [0.1, 0.15) is 0 Å². The van der Waals surface area contributed by atoms with E-state index in [1.807, 2.05) is 18.2 Å². The molecule has 0 radical (unpaired) electrons. The molecule has 1 unspecified atom stereocenters. The van der Waals surface area contributed by atoms with Gasteiger partial charge in [-0.2, -0.15) is 0 Å². The van der Waals surface area contributed by atoms with Crippen LogP contribution in [0.2, 0.25) is 0 Å². The van der Waals surface area contributed by atoms with Crippen LogP contribution in [-0.2, 0) is 16.0 Å². The van der Waals surface area contributed by atoms with Crippen LogP contribution in [0.25, 0.3) is 0 Å². The lowest BCUT2D eigenvalue weighted by atomic mass is 9.76. The largest absolute Gasteiger partial charge is 0.468 e. The van der Waals surface area contributed by atoms with Gasteiger partial charge in [-0.3, -0.25) is 9.69 Å². The second-order valence-corrected chi connectivity index (χ2v) is 9.29. The molecule has 5 heteroatoms. The number of piperidine rings is 1. The highest BCUT2D eigenvalue weighted by atomic mass is 16.5. The highest BCUT2D eigenvalue weighted by Crippen LogP contribution is 2.34. The second kappa shape index (κ2) is 10.5. The summed E-state index contributed by atoms with van der Waals surface area (Å²) in [6.07, 6.45) is 13.4.